The lowest BCUT2D eigenvalue weighted by atomic mass is 9.89. The Kier molecular flexibility index (Phi) is 6.91. The maximum Gasteiger partial charge on any atom is 0.208 e. The fraction of sp³-hybridized carbons (Fsp3) is 0.571. The van der Waals surface area contributed by atoms with Gasteiger partial charge in [-0.15, -0.1) is 0 Å². The number of piperidine rings is 1. The molecule has 2 aromatic rings. The normalized spacial score (nSPS) is 16.5. The van der Waals surface area contributed by atoms with Crippen LogP contribution in [0, 0.1) is 12.8 Å². The van der Waals surface area contributed by atoms with Gasteiger partial charge in [-0.1, -0.05) is 24.3 Å². The van der Waals surface area contributed by atoms with Crippen molar-refractivity contribution in [3.05, 3.63) is 52.8 Å². The van der Waals surface area contributed by atoms with Crippen LogP contribution in [0.4, 0.5) is 0 Å². The van der Waals surface area contributed by atoms with Crippen molar-refractivity contribution in [1.29, 1.82) is 0 Å². The van der Waals surface area contributed by atoms with Crippen LogP contribution in [-0.2, 0) is 36.5 Å². The van der Waals surface area contributed by atoms with Crippen LogP contribution in [0.25, 0.3) is 0 Å². The molecule has 0 spiro atoms. The lowest BCUT2D eigenvalue weighted by Gasteiger charge is -2.32. The van der Waals surface area contributed by atoms with E-state index >= 15 is 0 Å². The molecule has 0 bridgehead atoms. The van der Waals surface area contributed by atoms with Crippen LogP contribution in [0.1, 0.15) is 35.2 Å². The van der Waals surface area contributed by atoms with Crippen molar-refractivity contribution in [2.75, 3.05) is 25.9 Å². The van der Waals surface area contributed by atoms with E-state index in [1.54, 1.807) is 0 Å². The number of hydrogen-bond acceptors (Lipinski definition) is 4. The number of nitrogens with one attached hydrogen (secondary N) is 1. The van der Waals surface area contributed by atoms with Gasteiger partial charge in [0.15, 0.2) is 0 Å². The van der Waals surface area contributed by atoms with Gasteiger partial charge in [-0.25, -0.2) is 13.1 Å². The molecule has 1 fully saturated rings. The highest BCUT2D eigenvalue weighted by Crippen LogP contribution is 2.23. The van der Waals surface area contributed by atoms with Gasteiger partial charge in [-0.05, 0) is 62.7 Å². The number of nitrogens with zero attached hydrogens (tertiary/aromatic N) is 3. The Balaban J connectivity index is 1.42. The van der Waals surface area contributed by atoms with Gasteiger partial charge in [0.1, 0.15) is 0 Å². The minimum atomic E-state index is -3.11. The molecular weight excluding hydrogens is 372 g/mol. The van der Waals surface area contributed by atoms with Crippen molar-refractivity contribution in [2.45, 2.75) is 39.2 Å². The number of rotatable bonds is 8. The molecule has 1 saturated heterocycles. The largest absolute Gasteiger partial charge is 0.299 e. The standard InChI is InChI=1S/C21H32N4O2S/c1-17-21(15-22-24(17)2)16-25-12-9-20(10-13-25)14-19-6-4-18(5-7-19)8-11-23-28(3,26)27/h4-7,15,20,23H,8-14,16H2,1-3H3. The number of aromatic nitrogens is 2. The highest BCUT2D eigenvalue weighted by Gasteiger charge is 2.20. The van der Waals surface area contributed by atoms with E-state index in [0.29, 0.717) is 6.54 Å². The van der Waals surface area contributed by atoms with Gasteiger partial charge < -0.3 is 0 Å². The molecule has 3 rings (SSSR count). The van der Waals surface area contributed by atoms with Crippen molar-refractivity contribution >= 4 is 10.0 Å². The second-order valence-corrected chi connectivity index (χ2v) is 9.87. The van der Waals surface area contributed by atoms with Crippen molar-refractivity contribution in [3.63, 3.8) is 0 Å². The van der Waals surface area contributed by atoms with Gasteiger partial charge in [-0.2, -0.15) is 5.10 Å². The number of benzene rings is 1. The molecular formula is C21H32N4O2S. The minimum absolute atomic E-state index is 0.451. The summed E-state index contributed by atoms with van der Waals surface area (Å²) in [5.41, 5.74) is 5.14. The third kappa shape index (κ3) is 6.15. The van der Waals surface area contributed by atoms with E-state index in [-0.39, 0.29) is 0 Å². The predicted octanol–water partition coefficient (Wildman–Crippen LogP) is 2.27. The first-order valence-corrected chi connectivity index (χ1v) is 11.9. The molecule has 6 nitrogen and oxygen atoms in total. The average Bonchev–Trinajstić information content (AvgIpc) is 2.96. The SMILES string of the molecule is Cc1c(CN2CCC(Cc3ccc(CCNS(C)(=O)=O)cc3)CC2)cnn1C. The zero-order valence-electron chi connectivity index (χ0n) is 17.2. The van der Waals surface area contributed by atoms with Gasteiger partial charge in [0.2, 0.25) is 10.0 Å². The molecule has 0 saturated carbocycles. The van der Waals surface area contributed by atoms with Gasteiger partial charge >= 0.3 is 0 Å². The Hall–Kier alpha value is -1.70. The van der Waals surface area contributed by atoms with Crippen LogP contribution in [0.2, 0.25) is 0 Å². The molecule has 1 aliphatic heterocycles. The first-order valence-electron chi connectivity index (χ1n) is 10.0. The molecule has 1 aromatic carbocycles. The summed E-state index contributed by atoms with van der Waals surface area (Å²) in [5.74, 6) is 0.740. The maximum atomic E-state index is 11.1. The van der Waals surface area contributed by atoms with Crippen LogP contribution in [0.3, 0.4) is 0 Å². The molecule has 0 unspecified atom stereocenters. The fourth-order valence-electron chi connectivity index (χ4n) is 3.85. The van der Waals surface area contributed by atoms with E-state index in [9.17, 15) is 8.42 Å². The minimum Gasteiger partial charge on any atom is -0.299 e. The summed E-state index contributed by atoms with van der Waals surface area (Å²) in [4.78, 5) is 2.54. The number of likely N-dealkylation sites (tertiary alicyclic amines) is 1. The summed E-state index contributed by atoms with van der Waals surface area (Å²) in [6.07, 6.45) is 7.51. The predicted molar refractivity (Wildman–Crippen MR) is 113 cm³/mol. The quantitative estimate of drug-likeness (QED) is 0.733. The van der Waals surface area contributed by atoms with Crippen LogP contribution < -0.4 is 4.72 Å². The van der Waals surface area contributed by atoms with Crippen LogP contribution >= 0.6 is 0 Å². The highest BCUT2D eigenvalue weighted by atomic mass is 32.2. The molecule has 1 aliphatic rings. The monoisotopic (exact) mass is 404 g/mol. The van der Waals surface area contributed by atoms with E-state index in [2.05, 4.69) is 45.9 Å². The number of hydrogen-bond donors (Lipinski definition) is 1. The third-order valence-electron chi connectivity index (χ3n) is 5.76. The Morgan fingerprint density at radius 1 is 1.14 bits per heavy atom. The van der Waals surface area contributed by atoms with Gasteiger partial charge in [0.25, 0.3) is 0 Å². The highest BCUT2D eigenvalue weighted by molar-refractivity contribution is 7.88. The van der Waals surface area contributed by atoms with Gasteiger partial charge in [0, 0.05) is 31.4 Å². The molecule has 0 aliphatic carbocycles. The number of sulfonamides is 1. The molecule has 0 atom stereocenters. The molecule has 154 valence electrons. The topological polar surface area (TPSA) is 67.2 Å². The maximum absolute atomic E-state index is 11.1. The van der Waals surface area contributed by atoms with Crippen LogP contribution in [0.15, 0.2) is 30.5 Å². The molecule has 1 N–H and O–H groups in total. The van der Waals surface area contributed by atoms with Gasteiger partial charge in [-0.3, -0.25) is 9.58 Å². The molecule has 1 aromatic heterocycles. The zero-order chi connectivity index (χ0) is 20.1. The molecule has 28 heavy (non-hydrogen) atoms. The Morgan fingerprint density at radius 2 is 1.79 bits per heavy atom. The second kappa shape index (κ2) is 9.20. The Bertz CT molecular complexity index is 866. The van der Waals surface area contributed by atoms with E-state index in [4.69, 9.17) is 0 Å². The number of aryl methyl sites for hydroxylation is 1. The van der Waals surface area contributed by atoms with E-state index in [1.807, 2.05) is 17.9 Å². The van der Waals surface area contributed by atoms with Gasteiger partial charge in [0.05, 0.1) is 12.5 Å². The first-order chi connectivity index (χ1) is 13.3. The summed E-state index contributed by atoms with van der Waals surface area (Å²) in [6.45, 7) is 5.88. The average molecular weight is 405 g/mol. The Morgan fingerprint density at radius 3 is 2.36 bits per heavy atom. The van der Waals surface area contributed by atoms with E-state index < -0.39 is 10.0 Å². The fourth-order valence-corrected chi connectivity index (χ4v) is 4.32. The molecule has 0 radical (unpaired) electrons. The molecule has 0 amide bonds. The van der Waals surface area contributed by atoms with E-state index in [1.165, 1.54) is 41.5 Å². The summed E-state index contributed by atoms with van der Waals surface area (Å²) < 4.78 is 26.7. The summed E-state index contributed by atoms with van der Waals surface area (Å²) in [6, 6.07) is 8.64. The lowest BCUT2D eigenvalue weighted by Crippen LogP contribution is -2.34. The van der Waals surface area contributed by atoms with E-state index in [0.717, 1.165) is 38.4 Å². The van der Waals surface area contributed by atoms with Crippen LogP contribution in [0.5, 0.6) is 0 Å². The van der Waals surface area contributed by atoms with Crippen molar-refractivity contribution in [2.24, 2.45) is 13.0 Å². The summed E-state index contributed by atoms with van der Waals surface area (Å²) in [5, 5.41) is 4.35. The second-order valence-electron chi connectivity index (χ2n) is 8.04. The Labute approximate surface area is 169 Å². The third-order valence-corrected chi connectivity index (χ3v) is 6.49. The van der Waals surface area contributed by atoms with Crippen molar-refractivity contribution in [3.8, 4) is 0 Å². The van der Waals surface area contributed by atoms with Crippen LogP contribution in [-0.4, -0.2) is 49.0 Å². The lowest BCUT2D eigenvalue weighted by molar-refractivity contribution is 0.176. The van der Waals surface area contributed by atoms with Crippen molar-refractivity contribution < 1.29 is 8.42 Å². The summed E-state index contributed by atoms with van der Waals surface area (Å²) in [7, 11) is -1.11. The molecule has 2 heterocycles. The van der Waals surface area contributed by atoms with Crippen molar-refractivity contribution in [1.82, 2.24) is 19.4 Å². The zero-order valence-corrected chi connectivity index (χ0v) is 18.0. The smallest absolute Gasteiger partial charge is 0.208 e. The molecule has 7 heteroatoms. The first kappa shape index (κ1) is 21.0. The summed E-state index contributed by atoms with van der Waals surface area (Å²) >= 11 is 0.